The maximum Gasteiger partial charge on any atom is 0.185 e. The number of nitrogens with zero attached hydrogens (tertiary/aromatic N) is 6. The quantitative estimate of drug-likeness (QED) is 0.521. The van der Waals surface area contributed by atoms with Gasteiger partial charge in [-0.1, -0.05) is 26.3 Å². The number of rotatable bonds is 6. The van der Waals surface area contributed by atoms with Gasteiger partial charge in [-0.3, -0.25) is 0 Å². The fraction of sp³-hybridized carbons (Fsp3) is 0.458. The minimum atomic E-state index is -0.912. The number of alkyl halides is 1. The molecular formula is C24H27FN6OS. The molecule has 3 atom stereocenters. The summed E-state index contributed by atoms with van der Waals surface area (Å²) in [5.41, 5.74) is 1.28. The summed E-state index contributed by atoms with van der Waals surface area (Å²) in [5.74, 6) is 0.787. The van der Waals surface area contributed by atoms with E-state index in [9.17, 15) is 9.50 Å². The highest BCUT2D eigenvalue weighted by molar-refractivity contribution is 7.15. The molecule has 0 amide bonds. The van der Waals surface area contributed by atoms with E-state index in [1.54, 1.807) is 24.4 Å². The van der Waals surface area contributed by atoms with Crippen molar-refractivity contribution in [3.8, 4) is 33.8 Å². The molecule has 1 N–H and O–H groups in total. The molecule has 1 aromatic carbocycles. The normalized spacial score (nSPS) is 22.6. The Morgan fingerprint density at radius 1 is 1.30 bits per heavy atom. The number of halogens is 1. The number of hydrogen-bond donors (Lipinski definition) is 1. The van der Waals surface area contributed by atoms with Crippen molar-refractivity contribution in [1.29, 1.82) is 5.26 Å². The van der Waals surface area contributed by atoms with Crippen LogP contribution in [-0.2, 0) is 0 Å². The van der Waals surface area contributed by atoms with E-state index in [-0.39, 0.29) is 23.0 Å². The molecule has 0 saturated heterocycles. The first-order valence-electron chi connectivity index (χ1n) is 11.1. The molecule has 2 heterocycles. The van der Waals surface area contributed by atoms with Crippen LogP contribution in [0.5, 0.6) is 5.75 Å². The van der Waals surface area contributed by atoms with Gasteiger partial charge >= 0.3 is 0 Å². The van der Waals surface area contributed by atoms with Gasteiger partial charge in [0.25, 0.3) is 0 Å². The first-order valence-corrected chi connectivity index (χ1v) is 11.9. The van der Waals surface area contributed by atoms with Crippen molar-refractivity contribution < 1.29 is 9.50 Å². The zero-order valence-electron chi connectivity index (χ0n) is 19.0. The van der Waals surface area contributed by atoms with Crippen LogP contribution in [0.2, 0.25) is 0 Å². The van der Waals surface area contributed by atoms with E-state index in [1.165, 1.54) is 17.5 Å². The molecular weight excluding hydrogens is 439 g/mol. The smallest absolute Gasteiger partial charge is 0.185 e. The van der Waals surface area contributed by atoms with Crippen molar-refractivity contribution in [2.45, 2.75) is 58.2 Å². The maximum absolute atomic E-state index is 14.8. The van der Waals surface area contributed by atoms with Crippen LogP contribution >= 0.6 is 11.3 Å². The van der Waals surface area contributed by atoms with Crippen molar-refractivity contribution in [1.82, 2.24) is 20.2 Å². The minimum absolute atomic E-state index is 0.00412. The average molecular weight is 467 g/mol. The van der Waals surface area contributed by atoms with Gasteiger partial charge < -0.3 is 10.0 Å². The van der Waals surface area contributed by atoms with Gasteiger partial charge in [0, 0.05) is 12.6 Å². The summed E-state index contributed by atoms with van der Waals surface area (Å²) in [6.07, 6.45) is 6.58. The Hall–Kier alpha value is -3.12. The van der Waals surface area contributed by atoms with Crippen LogP contribution in [0.1, 0.15) is 50.8 Å². The number of aromatic hydroxyl groups is 1. The summed E-state index contributed by atoms with van der Waals surface area (Å²) in [5, 5.41) is 28.6. The number of thiazole rings is 1. The van der Waals surface area contributed by atoms with Gasteiger partial charge in [-0.2, -0.15) is 5.26 Å². The summed E-state index contributed by atoms with van der Waals surface area (Å²) >= 11 is 1.25. The van der Waals surface area contributed by atoms with Gasteiger partial charge in [0.15, 0.2) is 11.6 Å². The summed E-state index contributed by atoms with van der Waals surface area (Å²) in [7, 11) is 1.84. The van der Waals surface area contributed by atoms with E-state index in [4.69, 9.17) is 5.26 Å². The minimum Gasteiger partial charge on any atom is -0.507 e. The van der Waals surface area contributed by atoms with E-state index in [1.807, 2.05) is 11.9 Å². The number of aromatic nitrogens is 4. The molecule has 3 aromatic rings. The Morgan fingerprint density at radius 3 is 2.76 bits per heavy atom. The van der Waals surface area contributed by atoms with Crippen molar-refractivity contribution in [2.75, 3.05) is 11.9 Å². The van der Waals surface area contributed by atoms with Gasteiger partial charge in [-0.05, 0) is 43.2 Å². The van der Waals surface area contributed by atoms with Crippen LogP contribution < -0.4 is 4.90 Å². The molecule has 1 saturated carbocycles. The van der Waals surface area contributed by atoms with E-state index in [2.05, 4.69) is 40.1 Å². The highest BCUT2D eigenvalue weighted by Gasteiger charge is 2.39. The Bertz CT molecular complexity index is 1160. The molecule has 0 unspecified atom stereocenters. The Morgan fingerprint density at radius 2 is 2.12 bits per heavy atom. The number of phenols is 1. The number of nitriles is 1. The topological polar surface area (TPSA) is 98.8 Å². The molecule has 0 spiro atoms. The molecule has 4 rings (SSSR count). The Balaban J connectivity index is 1.52. The first kappa shape index (κ1) is 23.1. The highest BCUT2D eigenvalue weighted by Crippen LogP contribution is 2.43. The molecule has 1 aliphatic rings. The Labute approximate surface area is 197 Å². The number of hydrogen-bond acceptors (Lipinski definition) is 8. The van der Waals surface area contributed by atoms with Crippen LogP contribution in [0.4, 0.5) is 10.2 Å². The van der Waals surface area contributed by atoms with Gasteiger partial charge in [0.1, 0.15) is 27.9 Å². The average Bonchev–Trinajstić information content (AvgIpc) is 3.30. The third kappa shape index (κ3) is 4.81. The number of anilines is 1. The van der Waals surface area contributed by atoms with Crippen molar-refractivity contribution in [3.63, 3.8) is 0 Å². The predicted molar refractivity (Wildman–Crippen MR) is 127 cm³/mol. The van der Waals surface area contributed by atoms with Crippen LogP contribution in [0.3, 0.4) is 0 Å². The van der Waals surface area contributed by atoms with Crippen molar-refractivity contribution in [2.24, 2.45) is 5.41 Å². The van der Waals surface area contributed by atoms with E-state index < -0.39 is 6.17 Å². The first-order chi connectivity index (χ1) is 15.8. The second-order valence-electron chi connectivity index (χ2n) is 9.01. The van der Waals surface area contributed by atoms with Gasteiger partial charge in [-0.25, -0.2) is 14.4 Å². The third-order valence-electron chi connectivity index (χ3n) is 6.51. The summed E-state index contributed by atoms with van der Waals surface area (Å²) in [6.45, 7) is 4.41. The monoisotopic (exact) mass is 466 g/mol. The van der Waals surface area contributed by atoms with E-state index in [0.29, 0.717) is 33.3 Å². The summed E-state index contributed by atoms with van der Waals surface area (Å²) < 4.78 is 14.8. The predicted octanol–water partition coefficient (Wildman–Crippen LogP) is 5.37. The molecule has 172 valence electrons. The summed E-state index contributed by atoms with van der Waals surface area (Å²) in [6, 6.07) is 6.86. The SMILES string of the molecule is CCC[C@]1(C)CC[C@H](F)[C@H](N(C)c2cnc(-c3ccc(-c4ncc(C#N)s4)cc3O)nn2)C1. The standard InChI is InChI=1S/C24H27FN6OS/c1-4-8-24(2)9-7-18(25)19(11-24)31(3)21-14-27-22(30-29-21)17-6-5-15(10-20(17)32)23-28-13-16(12-26)33-23/h5-6,10,13-14,18-19,32H,4,7-9,11H2,1-3H3/t18-,19+,24+/m0/s1. The summed E-state index contributed by atoms with van der Waals surface area (Å²) in [4.78, 5) is 10.9. The second-order valence-corrected chi connectivity index (χ2v) is 10.0. The fourth-order valence-corrected chi connectivity index (χ4v) is 5.37. The van der Waals surface area contributed by atoms with Gasteiger partial charge in [-0.15, -0.1) is 21.5 Å². The van der Waals surface area contributed by atoms with E-state index >= 15 is 0 Å². The second kappa shape index (κ2) is 9.40. The highest BCUT2D eigenvalue weighted by atomic mass is 32.1. The van der Waals surface area contributed by atoms with Crippen LogP contribution in [-0.4, -0.2) is 44.5 Å². The van der Waals surface area contributed by atoms with E-state index in [0.717, 1.165) is 25.7 Å². The number of phenolic OH excluding ortho intramolecular Hbond substituents is 1. The third-order valence-corrected chi connectivity index (χ3v) is 7.46. The molecule has 33 heavy (non-hydrogen) atoms. The molecule has 0 radical (unpaired) electrons. The molecule has 7 nitrogen and oxygen atoms in total. The van der Waals surface area contributed by atoms with Crippen LogP contribution in [0, 0.1) is 16.7 Å². The molecule has 2 aromatic heterocycles. The largest absolute Gasteiger partial charge is 0.507 e. The lowest BCUT2D eigenvalue weighted by molar-refractivity contribution is 0.102. The fourth-order valence-electron chi connectivity index (χ4n) is 4.66. The maximum atomic E-state index is 14.8. The zero-order valence-corrected chi connectivity index (χ0v) is 19.8. The van der Waals surface area contributed by atoms with Crippen molar-refractivity contribution in [3.05, 3.63) is 35.5 Å². The van der Waals surface area contributed by atoms with Crippen molar-refractivity contribution >= 4 is 17.2 Å². The van der Waals surface area contributed by atoms with Crippen LogP contribution in [0.15, 0.2) is 30.6 Å². The molecule has 1 aliphatic carbocycles. The zero-order chi connectivity index (χ0) is 23.6. The molecule has 0 aliphatic heterocycles. The molecule has 9 heteroatoms. The molecule has 0 bridgehead atoms. The van der Waals surface area contributed by atoms with Gasteiger partial charge in [0.05, 0.1) is 24.0 Å². The number of benzene rings is 1. The lowest BCUT2D eigenvalue weighted by Crippen LogP contribution is -2.47. The lowest BCUT2D eigenvalue weighted by Gasteiger charge is -2.43. The lowest BCUT2D eigenvalue weighted by atomic mass is 9.70. The van der Waals surface area contributed by atoms with Crippen LogP contribution in [0.25, 0.3) is 22.0 Å². The Kier molecular flexibility index (Phi) is 6.56. The van der Waals surface area contributed by atoms with Gasteiger partial charge in [0.2, 0.25) is 0 Å². The molecule has 1 fully saturated rings.